The maximum Gasteiger partial charge on any atom is 3.00 e. The average Bonchev–Trinajstić information content (AvgIpc) is 3.29. The first-order chi connectivity index (χ1) is 32.9. The molecule has 1 aliphatic rings. The normalized spacial score (nSPS) is 14.6. The third kappa shape index (κ3) is 42.2. The third-order valence-corrected chi connectivity index (χ3v) is 12.9. The van der Waals surface area contributed by atoms with Crippen LogP contribution in [0.15, 0.2) is 0 Å². The number of carboxylic acids is 3. The molecule has 0 N–H and O–H groups in total. The number of carbonyl (C=O) groups excluding carboxylic acids is 6. The molecule has 0 aromatic rings. The van der Waals surface area contributed by atoms with E-state index in [1.54, 1.807) is 14.7 Å². The molecule has 0 saturated carbocycles. The van der Waals surface area contributed by atoms with Crippen LogP contribution in [0.4, 0.5) is 0 Å². The summed E-state index contributed by atoms with van der Waals surface area (Å²) in [5, 5.41) is 34.7. The Morgan fingerprint density at radius 1 is 0.377 bits per heavy atom. The van der Waals surface area contributed by atoms with Crippen molar-refractivity contribution in [3.63, 3.8) is 0 Å². The number of aliphatic carboxylic acids is 3. The monoisotopic (exact) mass is 1120 g/mol. The summed E-state index contributed by atoms with van der Waals surface area (Å²) < 4.78 is 11.1. The molecule has 1 amide bonds. The quantitative estimate of drug-likeness (QED) is 0.0616. The van der Waals surface area contributed by atoms with Gasteiger partial charge in [0.05, 0.1) is 37.5 Å². The van der Waals surface area contributed by atoms with Gasteiger partial charge in [-0.15, -0.1) is 0 Å². The van der Waals surface area contributed by atoms with Gasteiger partial charge in [0, 0.05) is 84.8 Å². The summed E-state index contributed by atoms with van der Waals surface area (Å²) in [5.74, 6) is -4.89. The summed E-state index contributed by atoms with van der Waals surface area (Å²) in [6.45, 7) is 4.85. The Hall–Kier alpha value is -2.02. The van der Waals surface area contributed by atoms with Crippen LogP contribution in [0, 0.1) is 39.9 Å². The Balaban J connectivity index is 0.0000462. The zero-order valence-corrected chi connectivity index (χ0v) is 45.5. The van der Waals surface area contributed by atoms with E-state index in [0.717, 1.165) is 51.4 Å². The predicted molar refractivity (Wildman–Crippen MR) is 260 cm³/mol. The maximum absolute atomic E-state index is 14.0. The van der Waals surface area contributed by atoms with Crippen molar-refractivity contribution >= 4 is 35.8 Å². The number of ether oxygens (including phenoxy) is 2. The molecule has 69 heavy (non-hydrogen) atoms. The smallest absolute Gasteiger partial charge is 0.549 e. The summed E-state index contributed by atoms with van der Waals surface area (Å²) in [7, 11) is 0. The molecular weight excluding hydrogens is 1030 g/mol. The molecule has 1 fully saturated rings. The number of carboxylic acid groups (broad SMARTS) is 3. The van der Waals surface area contributed by atoms with Crippen LogP contribution in [0.25, 0.3) is 0 Å². The molecule has 0 atom stereocenters. The van der Waals surface area contributed by atoms with Crippen LogP contribution >= 0.6 is 0 Å². The number of carbonyl (C=O) groups is 6. The van der Waals surface area contributed by atoms with Crippen molar-refractivity contribution in [2.45, 2.75) is 194 Å². The maximum atomic E-state index is 14.0. The van der Waals surface area contributed by atoms with E-state index in [1.807, 2.05) is 4.90 Å². The zero-order valence-electron chi connectivity index (χ0n) is 43.2. The number of hydrogen-bond donors (Lipinski definition) is 0. The van der Waals surface area contributed by atoms with E-state index >= 15 is 0 Å². The molecular formula is C52H94GdN5O11. The van der Waals surface area contributed by atoms with Crippen molar-refractivity contribution in [3.8, 4) is 0 Å². The first-order valence-electron chi connectivity index (χ1n) is 27.0. The Kier molecular flexibility index (Phi) is 45.6. The summed E-state index contributed by atoms with van der Waals surface area (Å²) in [6, 6.07) is 0. The third-order valence-electron chi connectivity index (χ3n) is 12.9. The summed E-state index contributed by atoms with van der Waals surface area (Å²) >= 11 is 0. The van der Waals surface area contributed by atoms with Crippen molar-refractivity contribution < 1.29 is 93.5 Å². The molecule has 0 bridgehead atoms. The first kappa shape index (κ1) is 67.0. The molecule has 1 radical (unpaired) electrons. The number of esters is 2. The molecule has 401 valence electrons. The van der Waals surface area contributed by atoms with Crippen LogP contribution in [0.1, 0.15) is 194 Å². The standard InChI is InChI=1S/C52H97N5O11.Gd/c1-3-5-7-9-11-13-15-17-19-21-23-25-27-29-51(65)67-41-39-57(40-42-68-52(66)30-28-26-24-22-20-18-16-14-12-10-8-6-4-2)47(58)43-53-31-33-54(44-48(59)60)35-37-56(46-50(63)64)38-36-55(34-32-53)45-49(61)62;/h3-46H2,1-2H3,(H,59,60)(H,61,62)(H,63,64);/q;+3/p-3. The largest absolute Gasteiger partial charge is 3.00 e. The van der Waals surface area contributed by atoms with Gasteiger partial charge in [-0.3, -0.25) is 34.0 Å². The van der Waals surface area contributed by atoms with Crippen LogP contribution in [-0.2, 0) is 38.2 Å². The Bertz CT molecular complexity index is 1250. The number of nitrogens with zero attached hydrogens (tertiary/aromatic N) is 5. The van der Waals surface area contributed by atoms with Gasteiger partial charge in [0.2, 0.25) is 5.91 Å². The minimum atomic E-state index is -1.31. The van der Waals surface area contributed by atoms with Crippen LogP contribution in [0.5, 0.6) is 0 Å². The Morgan fingerprint density at radius 3 is 0.855 bits per heavy atom. The van der Waals surface area contributed by atoms with E-state index in [-0.39, 0.29) is 143 Å². The molecule has 0 aliphatic carbocycles. The molecule has 0 aromatic heterocycles. The van der Waals surface area contributed by atoms with Crippen molar-refractivity contribution in [2.24, 2.45) is 0 Å². The SMILES string of the molecule is CCCCCCCCCCCCCCCC(=O)OCCN(CCOC(=O)CCCCCCCCCCCCCCC)C(=O)CN1CCN(CC(=O)[O-])CCN(CC(=O)[O-])CCN(CC(=O)[O-])CC1.[Gd+3]. The van der Waals surface area contributed by atoms with Gasteiger partial charge < -0.3 is 44.1 Å². The predicted octanol–water partition coefficient (Wildman–Crippen LogP) is 4.34. The molecule has 16 nitrogen and oxygen atoms in total. The topological polar surface area (TPSA) is 206 Å². The van der Waals surface area contributed by atoms with Gasteiger partial charge in [0.1, 0.15) is 13.2 Å². The number of hydrogen-bond acceptors (Lipinski definition) is 15. The van der Waals surface area contributed by atoms with Gasteiger partial charge in [0.25, 0.3) is 0 Å². The minimum absolute atomic E-state index is 0. The second-order valence-electron chi connectivity index (χ2n) is 19.0. The molecule has 0 aromatic carbocycles. The molecule has 0 unspecified atom stereocenters. The molecule has 1 rings (SSSR count). The Labute approximate surface area is 449 Å². The van der Waals surface area contributed by atoms with Gasteiger partial charge in [0.15, 0.2) is 0 Å². The Morgan fingerprint density at radius 2 is 0.609 bits per heavy atom. The first-order valence-corrected chi connectivity index (χ1v) is 27.0. The van der Waals surface area contributed by atoms with Crippen molar-refractivity contribution in [3.05, 3.63) is 0 Å². The van der Waals surface area contributed by atoms with Gasteiger partial charge in [-0.05, 0) is 12.8 Å². The summed E-state index contributed by atoms with van der Waals surface area (Å²) in [6.07, 6.45) is 31.9. The number of amides is 1. The molecule has 1 aliphatic heterocycles. The minimum Gasteiger partial charge on any atom is -0.549 e. The van der Waals surface area contributed by atoms with Gasteiger partial charge >= 0.3 is 51.9 Å². The summed E-state index contributed by atoms with van der Waals surface area (Å²) in [4.78, 5) is 82.3. The summed E-state index contributed by atoms with van der Waals surface area (Å²) in [5.41, 5.74) is 0. The molecule has 1 heterocycles. The van der Waals surface area contributed by atoms with E-state index in [2.05, 4.69) is 13.8 Å². The van der Waals surface area contributed by atoms with Gasteiger partial charge in [-0.2, -0.15) is 0 Å². The van der Waals surface area contributed by atoms with Crippen LogP contribution in [0.2, 0.25) is 0 Å². The fourth-order valence-corrected chi connectivity index (χ4v) is 8.67. The number of rotatable bonds is 42. The van der Waals surface area contributed by atoms with Crippen LogP contribution in [0.3, 0.4) is 0 Å². The second kappa shape index (κ2) is 47.0. The van der Waals surface area contributed by atoms with E-state index in [9.17, 15) is 44.1 Å². The van der Waals surface area contributed by atoms with Crippen molar-refractivity contribution in [2.75, 3.05) is 105 Å². The average molecular weight is 1120 g/mol. The van der Waals surface area contributed by atoms with E-state index in [0.29, 0.717) is 12.8 Å². The van der Waals surface area contributed by atoms with Gasteiger partial charge in [-0.25, -0.2) is 0 Å². The fourth-order valence-electron chi connectivity index (χ4n) is 8.67. The molecule has 17 heteroatoms. The van der Waals surface area contributed by atoms with E-state index in [4.69, 9.17) is 9.47 Å². The van der Waals surface area contributed by atoms with E-state index in [1.165, 1.54) is 120 Å². The number of unbranched alkanes of at least 4 members (excludes halogenated alkanes) is 24. The second-order valence-corrected chi connectivity index (χ2v) is 19.0. The van der Waals surface area contributed by atoms with E-state index < -0.39 is 37.5 Å². The zero-order chi connectivity index (χ0) is 49.9. The molecule has 1 saturated heterocycles. The van der Waals surface area contributed by atoms with Crippen molar-refractivity contribution in [1.82, 2.24) is 24.5 Å². The van der Waals surface area contributed by atoms with Gasteiger partial charge in [-0.1, -0.05) is 168 Å². The van der Waals surface area contributed by atoms with Crippen LogP contribution in [-0.4, -0.2) is 165 Å². The van der Waals surface area contributed by atoms with Crippen molar-refractivity contribution in [1.29, 1.82) is 0 Å². The van der Waals surface area contributed by atoms with Crippen LogP contribution < -0.4 is 15.3 Å². The fraction of sp³-hybridized carbons (Fsp3) is 0.885. The molecule has 0 spiro atoms.